The van der Waals surface area contributed by atoms with Crippen molar-refractivity contribution in [2.45, 2.75) is 69.6 Å². The number of nitrogens with zero attached hydrogens (tertiary/aromatic N) is 2. The first-order chi connectivity index (χ1) is 18.5. The Morgan fingerprint density at radius 3 is 2.32 bits per heavy atom. The third-order valence-corrected chi connectivity index (χ3v) is 8.45. The van der Waals surface area contributed by atoms with E-state index in [1.807, 2.05) is 49.5 Å². The molecule has 8 nitrogen and oxygen atoms in total. The molecule has 2 aromatic carbocycles. The fraction of sp³-hybridized carbons (Fsp3) is 0.467. The van der Waals surface area contributed by atoms with Gasteiger partial charge in [0.25, 0.3) is 0 Å². The molecular weight excluding hydrogens is 482 g/mol. The molecule has 3 aromatic rings. The van der Waals surface area contributed by atoms with Crippen LogP contribution in [0.4, 0.5) is 10.5 Å². The lowest BCUT2D eigenvalue weighted by molar-refractivity contribution is 0.0256. The summed E-state index contributed by atoms with van der Waals surface area (Å²) in [5.74, 6) is -0.180. The van der Waals surface area contributed by atoms with Crippen molar-refractivity contribution in [2.24, 2.45) is 0 Å². The van der Waals surface area contributed by atoms with Gasteiger partial charge >= 0.3 is 12.0 Å². The van der Waals surface area contributed by atoms with Crippen LogP contribution >= 0.6 is 0 Å². The van der Waals surface area contributed by atoms with Gasteiger partial charge < -0.3 is 29.4 Å². The molecule has 1 aliphatic heterocycles. The Hall–Kier alpha value is -3.52. The summed E-state index contributed by atoms with van der Waals surface area (Å²) in [6.45, 7) is 1.40. The summed E-state index contributed by atoms with van der Waals surface area (Å²) < 4.78 is 13.9. The first kappa shape index (κ1) is 24.8. The molecule has 3 aliphatic rings. The van der Waals surface area contributed by atoms with Gasteiger partial charge in [-0.25, -0.2) is 9.59 Å². The standard InChI is InChI=1S/C30H35N3O5/c1-32(21-4-2-5-21)30(36)31-20-10-8-19(9-11-20)28-27(29(34)35)25-13-12-24(38-23-14-16-37-17-15-23)18-26(25)33(28)22-6-3-7-22/h8-13,18,21-23H,2-7,14-17H2,1H3,(H,31,36)(H,34,35). The number of urea groups is 1. The van der Waals surface area contributed by atoms with Crippen molar-refractivity contribution in [1.29, 1.82) is 0 Å². The number of fused-ring (bicyclic) bond motifs is 1. The minimum Gasteiger partial charge on any atom is -0.490 e. The smallest absolute Gasteiger partial charge is 0.338 e. The Labute approximate surface area is 222 Å². The van der Waals surface area contributed by atoms with Crippen LogP contribution in [0, 0.1) is 0 Å². The number of hydrogen-bond donors (Lipinski definition) is 2. The number of aromatic nitrogens is 1. The summed E-state index contributed by atoms with van der Waals surface area (Å²) in [7, 11) is 1.84. The van der Waals surface area contributed by atoms with E-state index >= 15 is 0 Å². The Balaban J connectivity index is 1.35. The molecule has 1 saturated heterocycles. The second-order valence-electron chi connectivity index (χ2n) is 10.8. The zero-order valence-corrected chi connectivity index (χ0v) is 21.8. The van der Waals surface area contributed by atoms with Gasteiger partial charge in [-0.3, -0.25) is 0 Å². The molecule has 2 N–H and O–H groups in total. The fourth-order valence-electron chi connectivity index (χ4n) is 5.74. The lowest BCUT2D eigenvalue weighted by Gasteiger charge is -2.34. The predicted molar refractivity (Wildman–Crippen MR) is 146 cm³/mol. The average Bonchev–Trinajstić information content (AvgIpc) is 3.17. The number of nitrogens with one attached hydrogen (secondary N) is 1. The van der Waals surface area contributed by atoms with Crippen LogP contribution in [-0.2, 0) is 4.74 Å². The number of amides is 2. The van der Waals surface area contributed by atoms with E-state index in [2.05, 4.69) is 9.88 Å². The van der Waals surface area contributed by atoms with E-state index < -0.39 is 5.97 Å². The topological polar surface area (TPSA) is 93.0 Å². The number of hydrogen-bond acceptors (Lipinski definition) is 4. The molecule has 0 bridgehead atoms. The zero-order valence-electron chi connectivity index (χ0n) is 21.8. The van der Waals surface area contributed by atoms with Crippen molar-refractivity contribution in [3.8, 4) is 17.0 Å². The summed E-state index contributed by atoms with van der Waals surface area (Å²) in [4.78, 5) is 27.0. The van der Waals surface area contributed by atoms with Crippen LogP contribution in [0.3, 0.4) is 0 Å². The maximum absolute atomic E-state index is 12.6. The van der Waals surface area contributed by atoms with E-state index in [1.54, 1.807) is 4.90 Å². The van der Waals surface area contributed by atoms with E-state index in [-0.39, 0.29) is 18.2 Å². The summed E-state index contributed by atoms with van der Waals surface area (Å²) in [6.07, 6.45) is 8.25. The van der Waals surface area contributed by atoms with E-state index in [0.29, 0.717) is 36.2 Å². The number of aromatic carboxylic acids is 1. The number of rotatable bonds is 7. The van der Waals surface area contributed by atoms with Gasteiger partial charge in [0.15, 0.2) is 0 Å². The van der Waals surface area contributed by atoms with Crippen molar-refractivity contribution >= 4 is 28.6 Å². The van der Waals surface area contributed by atoms with E-state index in [9.17, 15) is 14.7 Å². The van der Waals surface area contributed by atoms with Crippen LogP contribution in [0.15, 0.2) is 42.5 Å². The number of carbonyl (C=O) groups excluding carboxylic acids is 1. The number of carboxylic acids is 1. The first-order valence-electron chi connectivity index (χ1n) is 13.8. The van der Waals surface area contributed by atoms with Crippen molar-refractivity contribution in [1.82, 2.24) is 9.47 Å². The van der Waals surface area contributed by atoms with E-state index in [0.717, 1.165) is 67.2 Å². The molecule has 0 atom stereocenters. The molecule has 0 unspecified atom stereocenters. The highest BCUT2D eigenvalue weighted by Gasteiger charge is 2.31. The molecule has 6 rings (SSSR count). The number of carboxylic acid groups (broad SMARTS) is 1. The molecule has 2 heterocycles. The molecule has 38 heavy (non-hydrogen) atoms. The van der Waals surface area contributed by atoms with Crippen molar-refractivity contribution in [2.75, 3.05) is 25.6 Å². The van der Waals surface area contributed by atoms with Crippen LogP contribution < -0.4 is 10.1 Å². The lowest BCUT2D eigenvalue weighted by Crippen LogP contribution is -2.43. The highest BCUT2D eigenvalue weighted by atomic mass is 16.5. The Kier molecular flexibility index (Phi) is 6.74. The third-order valence-electron chi connectivity index (χ3n) is 8.45. The van der Waals surface area contributed by atoms with Gasteiger partial charge in [0, 0.05) is 49.1 Å². The maximum Gasteiger partial charge on any atom is 0.338 e. The second-order valence-corrected chi connectivity index (χ2v) is 10.8. The molecule has 0 radical (unpaired) electrons. The molecule has 0 spiro atoms. The number of carbonyl (C=O) groups is 2. The van der Waals surface area contributed by atoms with Gasteiger partial charge in [0.1, 0.15) is 11.9 Å². The van der Waals surface area contributed by atoms with Gasteiger partial charge in [-0.05, 0) is 68.4 Å². The van der Waals surface area contributed by atoms with Gasteiger partial charge in [0.05, 0.1) is 30.0 Å². The van der Waals surface area contributed by atoms with Crippen molar-refractivity contribution in [3.63, 3.8) is 0 Å². The Morgan fingerprint density at radius 1 is 1.00 bits per heavy atom. The predicted octanol–water partition coefficient (Wildman–Crippen LogP) is 6.31. The average molecular weight is 518 g/mol. The Bertz CT molecular complexity index is 1330. The van der Waals surface area contributed by atoms with Gasteiger partial charge in [0.2, 0.25) is 0 Å². The largest absolute Gasteiger partial charge is 0.490 e. The zero-order chi connectivity index (χ0) is 26.2. The monoisotopic (exact) mass is 517 g/mol. The molecule has 3 fully saturated rings. The molecule has 1 aromatic heterocycles. The third kappa shape index (κ3) is 4.62. The van der Waals surface area contributed by atoms with Gasteiger partial charge in [-0.2, -0.15) is 0 Å². The van der Waals surface area contributed by atoms with Crippen LogP contribution in [0.5, 0.6) is 5.75 Å². The summed E-state index contributed by atoms with van der Waals surface area (Å²) in [6, 6.07) is 13.8. The quantitative estimate of drug-likeness (QED) is 0.383. The summed E-state index contributed by atoms with van der Waals surface area (Å²) in [5.41, 5.74) is 3.44. The summed E-state index contributed by atoms with van der Waals surface area (Å²) >= 11 is 0. The SMILES string of the molecule is CN(C(=O)Nc1ccc(-c2c(C(=O)O)c3ccc(OC4CCOCC4)cc3n2C2CCC2)cc1)C1CCC1. The molecule has 2 aliphatic carbocycles. The van der Waals surface area contributed by atoms with Crippen molar-refractivity contribution < 1.29 is 24.2 Å². The minimum atomic E-state index is -0.944. The van der Waals surface area contributed by atoms with Gasteiger partial charge in [-0.15, -0.1) is 0 Å². The lowest BCUT2D eigenvalue weighted by atomic mass is 9.92. The fourth-order valence-corrected chi connectivity index (χ4v) is 5.74. The molecule has 2 amide bonds. The van der Waals surface area contributed by atoms with E-state index in [4.69, 9.17) is 9.47 Å². The number of anilines is 1. The number of benzene rings is 2. The highest BCUT2D eigenvalue weighted by Crippen LogP contribution is 2.44. The molecule has 2 saturated carbocycles. The second kappa shape index (κ2) is 10.3. The maximum atomic E-state index is 12.6. The molecule has 8 heteroatoms. The number of ether oxygens (including phenoxy) is 2. The molecular formula is C30H35N3O5. The van der Waals surface area contributed by atoms with Crippen LogP contribution in [0.25, 0.3) is 22.2 Å². The summed E-state index contributed by atoms with van der Waals surface area (Å²) in [5, 5.41) is 14.0. The van der Waals surface area contributed by atoms with Crippen LogP contribution in [0.1, 0.15) is 67.8 Å². The Morgan fingerprint density at radius 2 is 1.71 bits per heavy atom. The van der Waals surface area contributed by atoms with E-state index in [1.165, 1.54) is 6.42 Å². The molecule has 200 valence electrons. The minimum absolute atomic E-state index is 0.109. The van der Waals surface area contributed by atoms with Crippen molar-refractivity contribution in [3.05, 3.63) is 48.0 Å². The first-order valence-corrected chi connectivity index (χ1v) is 13.8. The highest BCUT2D eigenvalue weighted by molar-refractivity contribution is 6.10. The van der Waals surface area contributed by atoms with Gasteiger partial charge in [-0.1, -0.05) is 12.1 Å². The van der Waals surface area contributed by atoms with Crippen LogP contribution in [0.2, 0.25) is 0 Å². The van der Waals surface area contributed by atoms with Crippen LogP contribution in [-0.4, -0.2) is 59.0 Å². The normalized spacial score (nSPS) is 18.6.